The molecule has 1 heterocycles. The molecule has 2 aromatic carbocycles. The molecule has 0 radical (unpaired) electrons. The lowest BCUT2D eigenvalue weighted by atomic mass is 10.1. The average molecular weight is 350 g/mol. The minimum Gasteiger partial charge on any atom is -0.493 e. The third kappa shape index (κ3) is 4.51. The van der Waals surface area contributed by atoms with Crippen molar-refractivity contribution in [3.05, 3.63) is 83.8 Å². The van der Waals surface area contributed by atoms with Gasteiger partial charge < -0.3 is 13.9 Å². The number of nitrogens with one attached hydrogen (secondary N) is 1. The van der Waals surface area contributed by atoms with Gasteiger partial charge >= 0.3 is 0 Å². The van der Waals surface area contributed by atoms with E-state index in [2.05, 4.69) is 10.5 Å². The predicted octanol–water partition coefficient (Wildman–Crippen LogP) is 3.63. The largest absolute Gasteiger partial charge is 0.493 e. The first-order valence-corrected chi connectivity index (χ1v) is 7.98. The molecule has 26 heavy (non-hydrogen) atoms. The van der Waals surface area contributed by atoms with Gasteiger partial charge in [-0.15, -0.1) is 0 Å². The molecule has 1 amide bonds. The number of nitrogens with zero attached hydrogens (tertiary/aromatic N) is 1. The Hall–Kier alpha value is -3.54. The zero-order chi connectivity index (χ0) is 18.2. The maximum Gasteiger partial charge on any atom is 0.271 e. The summed E-state index contributed by atoms with van der Waals surface area (Å²) >= 11 is 0. The standard InChI is InChI=1S/C20H18N2O4/c1-24-18-6-2-3-7-19(18)26-14-15-8-10-16(11-9-15)20(23)22-21-13-17-5-4-12-25-17/h2-13H,14H2,1H3,(H,22,23)/b21-13-. The molecule has 6 heteroatoms. The summed E-state index contributed by atoms with van der Waals surface area (Å²) in [6.07, 6.45) is 2.97. The number of amides is 1. The second kappa shape index (κ2) is 8.53. The van der Waals surface area contributed by atoms with Crippen LogP contribution in [-0.2, 0) is 6.61 Å². The van der Waals surface area contributed by atoms with Gasteiger partial charge in [-0.2, -0.15) is 5.10 Å². The van der Waals surface area contributed by atoms with Gasteiger partial charge in [0.2, 0.25) is 0 Å². The lowest BCUT2D eigenvalue weighted by molar-refractivity contribution is 0.0955. The summed E-state index contributed by atoms with van der Waals surface area (Å²) in [4.78, 5) is 12.0. The lowest BCUT2D eigenvalue weighted by Gasteiger charge is -2.10. The van der Waals surface area contributed by atoms with Crippen molar-refractivity contribution in [3.63, 3.8) is 0 Å². The van der Waals surface area contributed by atoms with Crippen molar-refractivity contribution in [2.24, 2.45) is 5.10 Å². The minimum atomic E-state index is -0.301. The molecule has 0 fully saturated rings. The van der Waals surface area contributed by atoms with Crippen LogP contribution < -0.4 is 14.9 Å². The molecule has 6 nitrogen and oxygen atoms in total. The monoisotopic (exact) mass is 350 g/mol. The molecule has 1 aromatic heterocycles. The van der Waals surface area contributed by atoms with E-state index in [1.165, 1.54) is 12.5 Å². The van der Waals surface area contributed by atoms with Crippen LogP contribution in [0.2, 0.25) is 0 Å². The van der Waals surface area contributed by atoms with Crippen molar-refractivity contribution in [2.45, 2.75) is 6.61 Å². The highest BCUT2D eigenvalue weighted by atomic mass is 16.5. The van der Waals surface area contributed by atoms with E-state index < -0.39 is 0 Å². The number of rotatable bonds is 7. The second-order valence-electron chi connectivity index (χ2n) is 5.35. The van der Waals surface area contributed by atoms with Crippen LogP contribution in [-0.4, -0.2) is 19.2 Å². The Bertz CT molecular complexity index is 871. The quantitative estimate of drug-likeness (QED) is 0.522. The summed E-state index contributed by atoms with van der Waals surface area (Å²) in [5.74, 6) is 1.61. The van der Waals surface area contributed by atoms with E-state index in [0.717, 1.165) is 5.56 Å². The highest BCUT2D eigenvalue weighted by Gasteiger charge is 2.06. The molecule has 1 N–H and O–H groups in total. The number of carbonyl (C=O) groups is 1. The van der Waals surface area contributed by atoms with Crippen LogP contribution >= 0.6 is 0 Å². The van der Waals surface area contributed by atoms with Crippen molar-refractivity contribution >= 4 is 12.1 Å². The molecule has 0 saturated heterocycles. The van der Waals surface area contributed by atoms with Gasteiger partial charge in [0.15, 0.2) is 11.5 Å². The minimum absolute atomic E-state index is 0.301. The first-order valence-electron chi connectivity index (χ1n) is 7.98. The second-order valence-corrected chi connectivity index (χ2v) is 5.35. The normalized spacial score (nSPS) is 10.7. The Labute approximate surface area is 151 Å². The molecule has 0 saturated carbocycles. The first-order chi connectivity index (χ1) is 12.8. The predicted molar refractivity (Wildman–Crippen MR) is 97.5 cm³/mol. The number of hydrogen-bond acceptors (Lipinski definition) is 5. The molecule has 0 atom stereocenters. The Morgan fingerprint density at radius 1 is 1.08 bits per heavy atom. The zero-order valence-electron chi connectivity index (χ0n) is 14.2. The number of methoxy groups -OCH3 is 1. The summed E-state index contributed by atoms with van der Waals surface area (Å²) in [6.45, 7) is 0.374. The number of carbonyl (C=O) groups excluding carboxylic acids is 1. The van der Waals surface area contributed by atoms with Crippen molar-refractivity contribution in [1.82, 2.24) is 5.43 Å². The fourth-order valence-corrected chi connectivity index (χ4v) is 2.24. The smallest absolute Gasteiger partial charge is 0.271 e. The Morgan fingerprint density at radius 2 is 1.85 bits per heavy atom. The number of benzene rings is 2. The van der Waals surface area contributed by atoms with Crippen LogP contribution in [0.1, 0.15) is 21.7 Å². The van der Waals surface area contributed by atoms with E-state index >= 15 is 0 Å². The van der Waals surface area contributed by atoms with E-state index in [1.807, 2.05) is 36.4 Å². The first kappa shape index (κ1) is 17.3. The van der Waals surface area contributed by atoms with Crippen molar-refractivity contribution in [1.29, 1.82) is 0 Å². The number of para-hydroxylation sites is 2. The summed E-state index contributed by atoms with van der Waals surface area (Å²) in [5, 5.41) is 3.85. The van der Waals surface area contributed by atoms with Gasteiger partial charge in [-0.3, -0.25) is 4.79 Å². The highest BCUT2D eigenvalue weighted by molar-refractivity contribution is 5.94. The third-order valence-corrected chi connectivity index (χ3v) is 3.58. The molecule has 0 aliphatic rings. The van der Waals surface area contributed by atoms with Gasteiger partial charge in [-0.25, -0.2) is 5.43 Å². The molecule has 3 rings (SSSR count). The topological polar surface area (TPSA) is 73.1 Å². The van der Waals surface area contributed by atoms with Crippen molar-refractivity contribution in [3.8, 4) is 11.5 Å². The summed E-state index contributed by atoms with van der Waals surface area (Å²) in [6, 6.07) is 18.0. The van der Waals surface area contributed by atoms with E-state index in [0.29, 0.717) is 29.4 Å². The maximum absolute atomic E-state index is 12.0. The Morgan fingerprint density at radius 3 is 2.54 bits per heavy atom. The summed E-state index contributed by atoms with van der Waals surface area (Å²) in [7, 11) is 1.60. The van der Waals surface area contributed by atoms with Crippen LogP contribution in [0.4, 0.5) is 0 Å². The van der Waals surface area contributed by atoms with Crippen LogP contribution in [0.25, 0.3) is 0 Å². The zero-order valence-corrected chi connectivity index (χ0v) is 14.2. The van der Waals surface area contributed by atoms with Gasteiger partial charge in [0, 0.05) is 5.56 Å². The van der Waals surface area contributed by atoms with Gasteiger partial charge in [0.05, 0.1) is 19.6 Å². The number of hydrazone groups is 1. The van der Waals surface area contributed by atoms with Gasteiger partial charge in [-0.05, 0) is 42.0 Å². The number of ether oxygens (including phenoxy) is 2. The average Bonchev–Trinajstić information content (AvgIpc) is 3.20. The van der Waals surface area contributed by atoms with E-state index in [9.17, 15) is 4.79 Å². The fourth-order valence-electron chi connectivity index (χ4n) is 2.24. The molecule has 132 valence electrons. The molecule has 0 aliphatic carbocycles. The SMILES string of the molecule is COc1ccccc1OCc1ccc(C(=O)N/N=C\c2ccco2)cc1. The van der Waals surface area contributed by atoms with Crippen LogP contribution in [0.3, 0.4) is 0 Å². The molecule has 0 aliphatic heterocycles. The third-order valence-electron chi connectivity index (χ3n) is 3.58. The lowest BCUT2D eigenvalue weighted by Crippen LogP contribution is -2.17. The van der Waals surface area contributed by atoms with Crippen LogP contribution in [0.5, 0.6) is 11.5 Å². The Balaban J connectivity index is 1.55. The summed E-state index contributed by atoms with van der Waals surface area (Å²) < 4.78 is 16.1. The molecule has 0 spiro atoms. The summed E-state index contributed by atoms with van der Waals surface area (Å²) in [5.41, 5.74) is 3.89. The van der Waals surface area contributed by atoms with Crippen molar-refractivity contribution in [2.75, 3.05) is 7.11 Å². The van der Waals surface area contributed by atoms with Gasteiger partial charge in [0.25, 0.3) is 5.91 Å². The van der Waals surface area contributed by atoms with Gasteiger partial charge in [0.1, 0.15) is 12.4 Å². The van der Waals surface area contributed by atoms with Crippen LogP contribution in [0, 0.1) is 0 Å². The highest BCUT2D eigenvalue weighted by Crippen LogP contribution is 2.26. The maximum atomic E-state index is 12.0. The van der Waals surface area contributed by atoms with Crippen LogP contribution in [0.15, 0.2) is 76.4 Å². The number of hydrogen-bond donors (Lipinski definition) is 1. The molecular formula is C20H18N2O4. The van der Waals surface area contributed by atoms with E-state index in [4.69, 9.17) is 13.9 Å². The van der Waals surface area contributed by atoms with Crippen molar-refractivity contribution < 1.29 is 18.7 Å². The Kier molecular flexibility index (Phi) is 5.67. The molecule has 3 aromatic rings. The van der Waals surface area contributed by atoms with Gasteiger partial charge in [-0.1, -0.05) is 24.3 Å². The molecule has 0 unspecified atom stereocenters. The van der Waals surface area contributed by atoms with E-state index in [-0.39, 0.29) is 5.91 Å². The molecular weight excluding hydrogens is 332 g/mol. The van der Waals surface area contributed by atoms with E-state index in [1.54, 1.807) is 31.4 Å². The number of furan rings is 1. The molecule has 0 bridgehead atoms. The fraction of sp³-hybridized carbons (Fsp3) is 0.100.